The molecule has 3 heterocycles. The number of nitrogens with one attached hydrogen (secondary N) is 3. The summed E-state index contributed by atoms with van der Waals surface area (Å²) in [7, 11) is 0. The van der Waals surface area contributed by atoms with E-state index in [-0.39, 0.29) is 6.03 Å². The highest BCUT2D eigenvalue weighted by atomic mass is 32.1. The number of hydrogen-bond acceptors (Lipinski definition) is 4. The number of hydrogen-bond donors (Lipinski definition) is 3. The third-order valence-corrected chi connectivity index (χ3v) is 4.95. The van der Waals surface area contributed by atoms with Crippen LogP contribution in [0.15, 0.2) is 55.0 Å². The van der Waals surface area contributed by atoms with Crippen LogP contribution in [0.25, 0.3) is 32.6 Å². The van der Waals surface area contributed by atoms with Gasteiger partial charge in [-0.15, -0.1) is 0 Å². The molecule has 0 aliphatic heterocycles. The van der Waals surface area contributed by atoms with Gasteiger partial charge in [-0.1, -0.05) is 17.4 Å². The second-order valence-corrected chi connectivity index (χ2v) is 6.70. The van der Waals surface area contributed by atoms with Crippen LogP contribution in [0.2, 0.25) is 0 Å². The molecule has 0 aliphatic rings. The molecule has 0 spiro atoms. The van der Waals surface area contributed by atoms with Crippen molar-refractivity contribution in [3.05, 3.63) is 55.0 Å². The molecule has 0 bridgehead atoms. The largest absolute Gasteiger partial charge is 0.361 e. The molecule has 3 N–H and O–H groups in total. The number of thiazole rings is 1. The lowest BCUT2D eigenvalue weighted by Crippen LogP contribution is -2.28. The van der Waals surface area contributed by atoms with Crippen LogP contribution in [0, 0.1) is 0 Å². The molecule has 0 atom stereocenters. The molecule has 0 fully saturated rings. The van der Waals surface area contributed by atoms with Gasteiger partial charge in [0, 0.05) is 42.0 Å². The molecular weight excluding hydrogens is 346 g/mol. The summed E-state index contributed by atoms with van der Waals surface area (Å²) >= 11 is 1.46. The second kappa shape index (κ2) is 6.97. The van der Waals surface area contributed by atoms with Crippen molar-refractivity contribution in [1.29, 1.82) is 0 Å². The van der Waals surface area contributed by atoms with Gasteiger partial charge in [0.15, 0.2) is 5.13 Å². The van der Waals surface area contributed by atoms with Crippen molar-refractivity contribution in [3.63, 3.8) is 0 Å². The number of aromatic amines is 1. The smallest absolute Gasteiger partial charge is 0.321 e. The minimum absolute atomic E-state index is 0.250. The van der Waals surface area contributed by atoms with Crippen LogP contribution in [-0.4, -0.2) is 27.5 Å². The molecule has 7 heteroatoms. The Labute approximate surface area is 154 Å². The van der Waals surface area contributed by atoms with E-state index in [9.17, 15) is 4.79 Å². The standard InChI is InChI=1S/C19H17N5OS/c1-2-21-18(25)24-19-23-16-10-13(12-5-3-7-20-11-12)9-14(17(16)26-19)15-6-4-8-22-15/h3-11,22H,2H2,1H3,(H2,21,23,24,25). The van der Waals surface area contributed by atoms with E-state index in [0.717, 1.165) is 32.6 Å². The first kappa shape index (κ1) is 16.3. The fraction of sp³-hybridized carbons (Fsp3) is 0.105. The molecule has 4 rings (SSSR count). The molecule has 2 amide bonds. The highest BCUT2D eigenvalue weighted by Crippen LogP contribution is 2.38. The zero-order chi connectivity index (χ0) is 17.9. The minimum atomic E-state index is -0.250. The summed E-state index contributed by atoms with van der Waals surface area (Å²) in [5.74, 6) is 0. The zero-order valence-electron chi connectivity index (χ0n) is 14.1. The second-order valence-electron chi connectivity index (χ2n) is 5.70. The van der Waals surface area contributed by atoms with Gasteiger partial charge in [-0.2, -0.15) is 0 Å². The van der Waals surface area contributed by atoms with Gasteiger partial charge in [0.25, 0.3) is 0 Å². The van der Waals surface area contributed by atoms with E-state index in [1.807, 2.05) is 49.6 Å². The summed E-state index contributed by atoms with van der Waals surface area (Å²) < 4.78 is 1.02. The van der Waals surface area contributed by atoms with Gasteiger partial charge in [0.2, 0.25) is 0 Å². The summed E-state index contributed by atoms with van der Waals surface area (Å²) in [6, 6.07) is 11.8. The number of carbonyl (C=O) groups excluding carboxylic acids is 1. The van der Waals surface area contributed by atoms with Gasteiger partial charge in [0.05, 0.1) is 10.2 Å². The Balaban J connectivity index is 1.85. The van der Waals surface area contributed by atoms with Gasteiger partial charge in [-0.05, 0) is 42.8 Å². The van der Waals surface area contributed by atoms with Gasteiger partial charge >= 0.3 is 6.03 Å². The van der Waals surface area contributed by atoms with Crippen LogP contribution in [-0.2, 0) is 0 Å². The molecule has 1 aromatic carbocycles. The van der Waals surface area contributed by atoms with Crippen LogP contribution in [0.4, 0.5) is 9.93 Å². The maximum Gasteiger partial charge on any atom is 0.321 e. The van der Waals surface area contributed by atoms with E-state index < -0.39 is 0 Å². The van der Waals surface area contributed by atoms with Gasteiger partial charge in [0.1, 0.15) is 0 Å². The van der Waals surface area contributed by atoms with Crippen molar-refractivity contribution in [2.24, 2.45) is 0 Å². The molecule has 130 valence electrons. The average Bonchev–Trinajstić information content (AvgIpc) is 3.31. The van der Waals surface area contributed by atoms with E-state index in [1.165, 1.54) is 11.3 Å². The lowest BCUT2D eigenvalue weighted by atomic mass is 10.0. The normalized spacial score (nSPS) is 10.8. The first-order valence-electron chi connectivity index (χ1n) is 8.28. The van der Waals surface area contributed by atoms with E-state index in [2.05, 4.69) is 31.7 Å². The van der Waals surface area contributed by atoms with E-state index >= 15 is 0 Å². The Morgan fingerprint density at radius 2 is 2.15 bits per heavy atom. The summed E-state index contributed by atoms with van der Waals surface area (Å²) in [5.41, 5.74) is 4.95. The van der Waals surface area contributed by atoms with Crippen LogP contribution in [0.3, 0.4) is 0 Å². The van der Waals surface area contributed by atoms with Crippen molar-refractivity contribution in [2.75, 3.05) is 11.9 Å². The first-order chi connectivity index (χ1) is 12.7. The molecule has 0 radical (unpaired) electrons. The van der Waals surface area contributed by atoms with Crippen molar-refractivity contribution in [1.82, 2.24) is 20.3 Å². The number of H-pyrrole nitrogens is 1. The van der Waals surface area contributed by atoms with E-state index in [1.54, 1.807) is 6.20 Å². The average molecular weight is 363 g/mol. The number of anilines is 1. The molecule has 4 aromatic rings. The zero-order valence-corrected chi connectivity index (χ0v) is 14.9. The molecule has 0 unspecified atom stereocenters. The lowest BCUT2D eigenvalue weighted by molar-refractivity contribution is 0.252. The molecule has 3 aromatic heterocycles. The van der Waals surface area contributed by atoms with Crippen molar-refractivity contribution in [3.8, 4) is 22.4 Å². The molecule has 0 aliphatic carbocycles. The van der Waals surface area contributed by atoms with Crippen LogP contribution in [0.5, 0.6) is 0 Å². The van der Waals surface area contributed by atoms with Gasteiger partial charge in [-0.25, -0.2) is 9.78 Å². The maximum absolute atomic E-state index is 11.8. The Morgan fingerprint density at radius 3 is 2.88 bits per heavy atom. The minimum Gasteiger partial charge on any atom is -0.361 e. The number of nitrogens with zero attached hydrogens (tertiary/aromatic N) is 2. The summed E-state index contributed by atoms with van der Waals surface area (Å²) in [5, 5.41) is 6.09. The molecule has 26 heavy (non-hydrogen) atoms. The summed E-state index contributed by atoms with van der Waals surface area (Å²) in [6.07, 6.45) is 5.48. The summed E-state index contributed by atoms with van der Waals surface area (Å²) in [6.45, 7) is 2.44. The quantitative estimate of drug-likeness (QED) is 0.499. The Bertz CT molecular complexity index is 1040. The van der Waals surface area contributed by atoms with Crippen molar-refractivity contribution < 1.29 is 4.79 Å². The number of carbonyl (C=O) groups is 1. The van der Waals surface area contributed by atoms with Gasteiger partial charge in [-0.3, -0.25) is 10.3 Å². The Morgan fingerprint density at radius 1 is 1.23 bits per heavy atom. The molecular formula is C19H17N5OS. The number of fused-ring (bicyclic) bond motifs is 1. The maximum atomic E-state index is 11.8. The number of pyridine rings is 1. The third-order valence-electron chi connectivity index (χ3n) is 3.93. The van der Waals surface area contributed by atoms with Crippen LogP contribution < -0.4 is 10.6 Å². The van der Waals surface area contributed by atoms with Crippen molar-refractivity contribution >= 4 is 32.7 Å². The Kier molecular flexibility index (Phi) is 4.37. The van der Waals surface area contributed by atoms with E-state index in [4.69, 9.17) is 0 Å². The third kappa shape index (κ3) is 3.16. The van der Waals surface area contributed by atoms with Crippen LogP contribution in [0.1, 0.15) is 6.92 Å². The highest BCUT2D eigenvalue weighted by molar-refractivity contribution is 7.22. The SMILES string of the molecule is CCNC(=O)Nc1nc2cc(-c3cccnc3)cc(-c3ccc[nH]3)c2s1. The summed E-state index contributed by atoms with van der Waals surface area (Å²) in [4.78, 5) is 23.9. The number of amides is 2. The van der Waals surface area contributed by atoms with Crippen LogP contribution >= 0.6 is 11.3 Å². The lowest BCUT2D eigenvalue weighted by Gasteiger charge is -2.06. The fourth-order valence-corrected chi connectivity index (χ4v) is 3.76. The van der Waals surface area contributed by atoms with Crippen molar-refractivity contribution in [2.45, 2.75) is 6.92 Å². The predicted octanol–water partition coefficient (Wildman–Crippen LogP) is 4.49. The fourth-order valence-electron chi connectivity index (χ4n) is 2.79. The number of rotatable bonds is 4. The number of aromatic nitrogens is 3. The van der Waals surface area contributed by atoms with Gasteiger partial charge < -0.3 is 10.3 Å². The first-order valence-corrected chi connectivity index (χ1v) is 9.10. The number of urea groups is 1. The van der Waals surface area contributed by atoms with E-state index in [0.29, 0.717) is 11.7 Å². The number of benzene rings is 1. The monoisotopic (exact) mass is 363 g/mol. The topological polar surface area (TPSA) is 82.7 Å². The predicted molar refractivity (Wildman–Crippen MR) is 105 cm³/mol. The highest BCUT2D eigenvalue weighted by Gasteiger charge is 2.14. The molecule has 6 nitrogen and oxygen atoms in total. The molecule has 0 saturated heterocycles. The Hall–Kier alpha value is -3.19. The molecule has 0 saturated carbocycles.